The van der Waals surface area contributed by atoms with E-state index in [1.165, 1.54) is 12.7 Å². The lowest BCUT2D eigenvalue weighted by molar-refractivity contribution is -0.0583. The van der Waals surface area contributed by atoms with Crippen molar-refractivity contribution in [2.24, 2.45) is 0 Å². The number of nitrogens with zero attached hydrogens (tertiary/aromatic N) is 7. The second-order valence-corrected chi connectivity index (χ2v) is 36.5. The molecule has 366 valence electrons. The van der Waals surface area contributed by atoms with Gasteiger partial charge in [0, 0.05) is 25.5 Å². The predicted octanol–water partition coefficient (Wildman–Crippen LogP) is 7.13. The summed E-state index contributed by atoms with van der Waals surface area (Å²) in [6.07, 6.45) is -1.45. The number of anilines is 3. The summed E-state index contributed by atoms with van der Waals surface area (Å²) in [4.78, 5) is 22.6. The second kappa shape index (κ2) is 18.5. The molecule has 21 nitrogen and oxygen atoms in total. The highest BCUT2D eigenvalue weighted by Crippen LogP contribution is 2.61. The minimum absolute atomic E-state index is 0.0657. The van der Waals surface area contributed by atoms with Gasteiger partial charge in [0.2, 0.25) is 5.95 Å². The summed E-state index contributed by atoms with van der Waals surface area (Å²) in [5.41, 5.74) is 8.47. The van der Waals surface area contributed by atoms with Crippen molar-refractivity contribution >= 4 is 94.3 Å². The number of aliphatic hydroxyl groups is 1. The fraction of sp³-hybridized carbons (Fsp3) is 0.718. The molecule has 8 rings (SSSR count). The van der Waals surface area contributed by atoms with Gasteiger partial charge in [-0.15, -0.1) is 0 Å². The van der Waals surface area contributed by atoms with Crippen molar-refractivity contribution in [3.63, 3.8) is 0 Å². The van der Waals surface area contributed by atoms with Crippen molar-refractivity contribution < 1.29 is 51.0 Å². The Morgan fingerprint density at radius 1 is 0.909 bits per heavy atom. The van der Waals surface area contributed by atoms with Gasteiger partial charge >= 0.3 is 13.6 Å². The third-order valence-electron chi connectivity index (χ3n) is 13.8. The SMILES string of the molecule is CC(C)(C)[Si](C)(C)CO[C@H]1[C@H]2OP(=O)(S)OC[C@H]3O[C@@H](n4cc5c6c(ncnc64)NCCC5)[C@H](O[Si](C)(C)C(C)(C)C)[C@@H]3OP(=O)(S)OC[C@H]1O[C@H]2n1cnc2c(N)nc(NCCO)nc21. The van der Waals surface area contributed by atoms with Crippen LogP contribution in [0.25, 0.3) is 22.2 Å². The molecule has 0 saturated carbocycles. The number of aliphatic hydroxyl groups excluding tert-OH is 1. The summed E-state index contributed by atoms with van der Waals surface area (Å²) in [7, 11) is -4.80. The van der Waals surface area contributed by atoms with E-state index in [9.17, 15) is 14.2 Å². The van der Waals surface area contributed by atoms with Crippen LogP contribution in [0.4, 0.5) is 17.6 Å². The summed E-state index contributed by atoms with van der Waals surface area (Å²) >= 11 is 9.14. The van der Waals surface area contributed by atoms with Gasteiger partial charge < -0.3 is 44.7 Å². The number of aromatic nitrogens is 7. The standard InChI is InChI=1S/C39H64N10O11P2S2Si2/c1-38(2,3)65(7,8)21-53-27-23-17-54-61(51,63)58-28-24(18-55-62(52,64)59-29(27)35(56-23)49-20-45-26-31(40)46-37(42-14-15-50)47-34(26)49)57-36(30(28)60-66(9,10)39(4,5)6)48-16-22-12-11-13-41-32-25(22)33(48)44-19-43-32/h16,19-20,23-24,27-30,35-36,50H,11-15,17-18,21H2,1-10H3,(H,51,63)(H,52,64)(H,41,43,44)(H3,40,42,46,47)/t23-,24-,27-,28-,29-,30-,35-,36-,61?,62?/m1/s1. The highest BCUT2D eigenvalue weighted by molar-refractivity contribution is 8.44. The van der Waals surface area contributed by atoms with Gasteiger partial charge in [-0.05, 0) is 41.6 Å². The lowest BCUT2D eigenvalue weighted by Crippen LogP contribution is -2.49. The predicted molar refractivity (Wildman–Crippen MR) is 261 cm³/mol. The molecule has 3 fully saturated rings. The molecule has 0 aromatic carbocycles. The minimum atomic E-state index is -4.39. The average molecular weight is 1030 g/mol. The molecule has 4 aromatic rings. The molecular formula is C39H64N10O11P2S2Si2. The average Bonchev–Trinajstić information content (AvgIpc) is 3.94. The smallest absolute Gasteiger partial charge is 0.386 e. The van der Waals surface area contributed by atoms with Crippen LogP contribution >= 0.6 is 38.1 Å². The molecule has 0 radical (unpaired) electrons. The zero-order valence-corrected chi connectivity index (χ0v) is 44.6. The minimum Gasteiger partial charge on any atom is -0.407 e. The molecule has 5 N–H and O–H groups in total. The van der Waals surface area contributed by atoms with E-state index in [-0.39, 0.29) is 52.8 Å². The quantitative estimate of drug-likeness (QED) is 0.0525. The Bertz CT molecular complexity index is 2530. The maximum atomic E-state index is 14.8. The molecule has 4 aromatic heterocycles. The molecule has 0 spiro atoms. The number of ether oxygens (including phenoxy) is 3. The van der Waals surface area contributed by atoms with E-state index in [4.69, 9.17) is 47.4 Å². The molecule has 2 bridgehead atoms. The van der Waals surface area contributed by atoms with Crippen molar-refractivity contribution in [1.29, 1.82) is 0 Å². The fourth-order valence-corrected chi connectivity index (χ4v) is 13.2. The van der Waals surface area contributed by atoms with Gasteiger partial charge in [0.25, 0.3) is 0 Å². The maximum absolute atomic E-state index is 14.8. The summed E-state index contributed by atoms with van der Waals surface area (Å²) < 4.78 is 86.0. The third kappa shape index (κ3) is 10.0. The Morgan fingerprint density at radius 2 is 1.59 bits per heavy atom. The van der Waals surface area contributed by atoms with Gasteiger partial charge in [-0.25, -0.2) is 24.1 Å². The summed E-state index contributed by atoms with van der Waals surface area (Å²) in [6.45, 7) is 12.7. The first-order valence-corrected chi connectivity index (χ1v) is 33.7. The number of nitrogens with two attached hydrogens (primary N) is 1. The molecule has 66 heavy (non-hydrogen) atoms. The Morgan fingerprint density at radius 3 is 2.27 bits per heavy atom. The molecular weight excluding hydrogens is 967 g/mol. The van der Waals surface area contributed by atoms with E-state index in [1.807, 2.05) is 10.8 Å². The highest BCUT2D eigenvalue weighted by Gasteiger charge is 2.57. The highest BCUT2D eigenvalue weighted by atomic mass is 32.7. The topological polar surface area (TPSA) is 253 Å². The van der Waals surface area contributed by atoms with Crippen LogP contribution in [-0.4, -0.2) is 131 Å². The van der Waals surface area contributed by atoms with Crippen molar-refractivity contribution in [3.05, 3.63) is 24.4 Å². The number of nitrogen functional groups attached to an aromatic ring is 1. The fourth-order valence-electron chi connectivity index (χ4n) is 7.98. The van der Waals surface area contributed by atoms with E-state index >= 15 is 0 Å². The molecule has 3 saturated heterocycles. The van der Waals surface area contributed by atoms with E-state index in [0.717, 1.165) is 36.2 Å². The van der Waals surface area contributed by atoms with Crippen LogP contribution in [0.15, 0.2) is 18.9 Å². The van der Waals surface area contributed by atoms with Crippen molar-refractivity contribution in [2.75, 3.05) is 55.5 Å². The number of hydrogen-bond donors (Lipinski definition) is 6. The summed E-state index contributed by atoms with van der Waals surface area (Å²) in [5, 5.41) is 16.3. The number of fused-ring (bicyclic) bond motifs is 4. The lowest BCUT2D eigenvalue weighted by atomic mass is 10.1. The van der Waals surface area contributed by atoms with Gasteiger partial charge in [-0.2, -0.15) is 9.97 Å². The molecule has 0 amide bonds. The Hall–Kier alpha value is -2.20. The van der Waals surface area contributed by atoms with E-state index < -0.39 is 85.7 Å². The number of aryl methyl sites for hydroxylation is 1. The third-order valence-corrected chi connectivity index (χ3v) is 26.4. The lowest BCUT2D eigenvalue weighted by Gasteiger charge is -2.41. The number of rotatable bonds is 10. The first-order valence-electron chi connectivity index (χ1n) is 22.1. The zero-order valence-electron chi connectivity index (χ0n) is 39.0. The van der Waals surface area contributed by atoms with Crippen LogP contribution < -0.4 is 16.4 Å². The van der Waals surface area contributed by atoms with Gasteiger partial charge in [0.15, 0.2) is 32.2 Å². The first-order chi connectivity index (χ1) is 30.8. The normalized spacial score (nSPS) is 31.5. The van der Waals surface area contributed by atoms with Gasteiger partial charge in [-0.1, -0.05) is 79.1 Å². The largest absolute Gasteiger partial charge is 0.407 e. The van der Waals surface area contributed by atoms with E-state index in [1.54, 1.807) is 4.57 Å². The number of thiol groups is 2. The van der Waals surface area contributed by atoms with Crippen LogP contribution in [0.3, 0.4) is 0 Å². The second-order valence-electron chi connectivity index (χ2n) is 20.5. The van der Waals surface area contributed by atoms with Gasteiger partial charge in [0.05, 0.1) is 39.6 Å². The van der Waals surface area contributed by atoms with Crippen molar-refractivity contribution in [3.8, 4) is 0 Å². The summed E-state index contributed by atoms with van der Waals surface area (Å²) in [6, 6.07) is 0. The maximum Gasteiger partial charge on any atom is 0.386 e. The number of hydrogen-bond acceptors (Lipinski definition) is 19. The van der Waals surface area contributed by atoms with Gasteiger partial charge in [0.1, 0.15) is 59.9 Å². The van der Waals surface area contributed by atoms with Crippen molar-refractivity contribution in [1.82, 2.24) is 34.1 Å². The molecule has 8 heterocycles. The number of imidazole rings is 1. The van der Waals surface area contributed by atoms with Gasteiger partial charge in [-0.3, -0.25) is 22.7 Å². The molecule has 10 atom stereocenters. The zero-order chi connectivity index (χ0) is 47.8. The Labute approximate surface area is 397 Å². The monoisotopic (exact) mass is 1030 g/mol. The van der Waals surface area contributed by atoms with Crippen LogP contribution in [-0.2, 0) is 52.3 Å². The molecule has 0 aliphatic carbocycles. The van der Waals surface area contributed by atoms with Crippen LogP contribution in [0.5, 0.6) is 0 Å². The first kappa shape index (κ1) is 50.2. The van der Waals surface area contributed by atoms with E-state index in [2.05, 4.69) is 123 Å². The molecule has 4 aliphatic rings. The molecule has 27 heteroatoms. The Balaban J connectivity index is 1.19. The Kier molecular flexibility index (Phi) is 14.1. The number of nitrogens with one attached hydrogen (secondary N) is 2. The summed E-state index contributed by atoms with van der Waals surface area (Å²) in [5.74, 6) is 0.915. The molecule has 4 aliphatic heterocycles. The van der Waals surface area contributed by atoms with Crippen LogP contribution in [0, 0.1) is 0 Å². The molecule has 2 unspecified atom stereocenters. The van der Waals surface area contributed by atoms with Crippen molar-refractivity contribution in [2.45, 2.75) is 140 Å². The van der Waals surface area contributed by atoms with Crippen LogP contribution in [0.2, 0.25) is 36.3 Å². The van der Waals surface area contributed by atoms with E-state index in [0.29, 0.717) is 11.9 Å². The van der Waals surface area contributed by atoms with Crippen LogP contribution in [0.1, 0.15) is 66.0 Å².